The fourth-order valence-electron chi connectivity index (χ4n) is 0.989. The van der Waals surface area contributed by atoms with Crippen LogP contribution in [-0.2, 0) is 4.65 Å². The summed E-state index contributed by atoms with van der Waals surface area (Å²) in [5, 5.41) is 9.91. The zero-order chi connectivity index (χ0) is 12.4. The molecule has 89 valence electrons. The molecule has 1 aliphatic rings. The first-order valence-corrected chi connectivity index (χ1v) is 5.77. The Morgan fingerprint density at radius 1 is 1.50 bits per heavy atom. The standard InChI is InChI=1S/C11H18BClNO2/c1-10(2,15)11(3,4)16-12-8-6-5-7-14-9(8)13/h6-7,9,15H,5H2,1-4H3. The Morgan fingerprint density at radius 2 is 2.12 bits per heavy atom. The van der Waals surface area contributed by atoms with Crippen molar-refractivity contribution in [3.05, 3.63) is 11.5 Å². The topological polar surface area (TPSA) is 41.8 Å². The van der Waals surface area contributed by atoms with Crippen molar-refractivity contribution in [2.24, 2.45) is 4.99 Å². The molecule has 0 amide bonds. The Morgan fingerprint density at radius 3 is 2.62 bits per heavy atom. The SMILES string of the molecule is CC(C)(O)C(C)(C)O[B]C1=CCC=NC1Cl. The van der Waals surface area contributed by atoms with Crippen molar-refractivity contribution in [3.63, 3.8) is 0 Å². The lowest BCUT2D eigenvalue weighted by Gasteiger charge is -2.38. The number of rotatable bonds is 4. The number of halogens is 1. The van der Waals surface area contributed by atoms with Crippen LogP contribution in [-0.4, -0.2) is 35.5 Å². The van der Waals surface area contributed by atoms with Gasteiger partial charge in [0.25, 0.3) is 0 Å². The maximum atomic E-state index is 9.91. The van der Waals surface area contributed by atoms with Gasteiger partial charge in [-0.25, -0.2) is 0 Å². The summed E-state index contributed by atoms with van der Waals surface area (Å²) in [4.78, 5) is 4.07. The fraction of sp³-hybridized carbons (Fsp3) is 0.727. The van der Waals surface area contributed by atoms with Crippen LogP contribution in [0.25, 0.3) is 0 Å². The van der Waals surface area contributed by atoms with E-state index in [0.717, 1.165) is 11.9 Å². The Hall–Kier alpha value is -0.315. The molecule has 0 bridgehead atoms. The first-order valence-electron chi connectivity index (χ1n) is 5.33. The maximum Gasteiger partial charge on any atom is 0.329 e. The monoisotopic (exact) mass is 242 g/mol. The van der Waals surface area contributed by atoms with Crippen molar-refractivity contribution in [1.82, 2.24) is 0 Å². The van der Waals surface area contributed by atoms with E-state index < -0.39 is 11.2 Å². The lowest BCUT2D eigenvalue weighted by atomic mass is 9.81. The summed E-state index contributed by atoms with van der Waals surface area (Å²) < 4.78 is 5.60. The summed E-state index contributed by atoms with van der Waals surface area (Å²) in [6, 6.07) is 0. The molecule has 1 aliphatic heterocycles. The van der Waals surface area contributed by atoms with Gasteiger partial charge in [0.05, 0.1) is 11.2 Å². The molecule has 1 atom stereocenters. The Bertz CT molecular complexity index is 308. The number of dihydropyridines is 1. The molecule has 0 saturated carbocycles. The van der Waals surface area contributed by atoms with Crippen LogP contribution < -0.4 is 0 Å². The van der Waals surface area contributed by atoms with Crippen LogP contribution in [0.4, 0.5) is 0 Å². The van der Waals surface area contributed by atoms with Gasteiger partial charge in [-0.1, -0.05) is 17.7 Å². The van der Waals surface area contributed by atoms with Crippen molar-refractivity contribution in [3.8, 4) is 0 Å². The molecule has 16 heavy (non-hydrogen) atoms. The molecule has 0 aromatic rings. The molecule has 0 aliphatic carbocycles. The van der Waals surface area contributed by atoms with Crippen LogP contribution in [0.1, 0.15) is 34.1 Å². The Labute approximate surface area is 103 Å². The van der Waals surface area contributed by atoms with Gasteiger partial charge in [0, 0.05) is 12.6 Å². The van der Waals surface area contributed by atoms with Gasteiger partial charge < -0.3 is 9.76 Å². The van der Waals surface area contributed by atoms with Crippen molar-refractivity contribution >= 4 is 25.3 Å². The molecule has 1 rings (SSSR count). The van der Waals surface area contributed by atoms with Gasteiger partial charge in [0.2, 0.25) is 0 Å². The predicted octanol–water partition coefficient (Wildman–Crippen LogP) is 2.09. The average molecular weight is 243 g/mol. The van der Waals surface area contributed by atoms with E-state index in [0.29, 0.717) is 0 Å². The zero-order valence-electron chi connectivity index (χ0n) is 10.2. The molecule has 0 spiro atoms. The molecular weight excluding hydrogens is 224 g/mol. The van der Waals surface area contributed by atoms with E-state index in [1.807, 2.05) is 19.9 Å². The van der Waals surface area contributed by atoms with E-state index in [-0.39, 0.29) is 5.50 Å². The molecule has 1 unspecified atom stereocenters. The van der Waals surface area contributed by atoms with Gasteiger partial charge in [-0.3, -0.25) is 4.99 Å². The molecule has 0 aromatic carbocycles. The quantitative estimate of drug-likeness (QED) is 0.466. The molecule has 0 fully saturated rings. The minimum atomic E-state index is -0.927. The molecule has 0 aromatic heterocycles. The molecular formula is C11H18BClNO2. The van der Waals surface area contributed by atoms with Crippen LogP contribution in [0.15, 0.2) is 16.5 Å². The predicted molar refractivity (Wildman–Crippen MR) is 68.0 cm³/mol. The second-order valence-corrected chi connectivity index (χ2v) is 5.33. The first-order chi connectivity index (χ1) is 7.24. The van der Waals surface area contributed by atoms with Gasteiger partial charge in [-0.05, 0) is 33.2 Å². The van der Waals surface area contributed by atoms with Crippen molar-refractivity contribution < 1.29 is 9.76 Å². The molecule has 5 heteroatoms. The molecule has 1 radical (unpaired) electrons. The number of nitrogens with zero attached hydrogens (tertiary/aromatic N) is 1. The summed E-state index contributed by atoms with van der Waals surface area (Å²) in [5.74, 6) is 0. The molecule has 1 heterocycles. The second-order valence-electron chi connectivity index (χ2n) is 4.91. The molecule has 3 nitrogen and oxygen atoms in total. The summed E-state index contributed by atoms with van der Waals surface area (Å²) in [7, 11) is 1.59. The van der Waals surface area contributed by atoms with Gasteiger partial charge in [-0.2, -0.15) is 0 Å². The van der Waals surface area contributed by atoms with Gasteiger partial charge in [0.1, 0.15) is 5.50 Å². The van der Waals surface area contributed by atoms with Crippen LogP contribution in [0.2, 0.25) is 0 Å². The van der Waals surface area contributed by atoms with E-state index >= 15 is 0 Å². The number of hydrogen-bond donors (Lipinski definition) is 1. The minimum Gasteiger partial charge on any atom is -0.427 e. The van der Waals surface area contributed by atoms with Crippen molar-refractivity contribution in [2.75, 3.05) is 0 Å². The smallest absolute Gasteiger partial charge is 0.329 e. The highest BCUT2D eigenvalue weighted by Gasteiger charge is 2.36. The van der Waals surface area contributed by atoms with Crippen LogP contribution in [0.3, 0.4) is 0 Å². The van der Waals surface area contributed by atoms with Gasteiger partial charge in [0.15, 0.2) is 0 Å². The van der Waals surface area contributed by atoms with Crippen LogP contribution in [0.5, 0.6) is 0 Å². The summed E-state index contributed by atoms with van der Waals surface area (Å²) in [6.07, 6.45) is 4.50. The average Bonchev–Trinajstić information content (AvgIpc) is 2.15. The van der Waals surface area contributed by atoms with E-state index in [2.05, 4.69) is 4.99 Å². The highest BCUT2D eigenvalue weighted by molar-refractivity contribution is 6.43. The lowest BCUT2D eigenvalue weighted by Crippen LogP contribution is -2.48. The third-order valence-corrected chi connectivity index (χ3v) is 3.30. The van der Waals surface area contributed by atoms with E-state index in [9.17, 15) is 5.11 Å². The molecule has 1 N–H and O–H groups in total. The highest BCUT2D eigenvalue weighted by Crippen LogP contribution is 2.26. The highest BCUT2D eigenvalue weighted by atomic mass is 35.5. The third kappa shape index (κ3) is 3.34. The zero-order valence-corrected chi connectivity index (χ0v) is 11.0. The van der Waals surface area contributed by atoms with Crippen molar-refractivity contribution in [2.45, 2.75) is 50.8 Å². The Kier molecular flexibility index (Phi) is 4.21. The van der Waals surface area contributed by atoms with E-state index in [4.69, 9.17) is 16.3 Å². The summed E-state index contributed by atoms with van der Waals surface area (Å²) >= 11 is 5.99. The fourth-order valence-corrected chi connectivity index (χ4v) is 1.21. The maximum absolute atomic E-state index is 9.91. The number of aliphatic hydroxyl groups is 1. The summed E-state index contributed by atoms with van der Waals surface area (Å²) in [5.41, 5.74) is -1.15. The lowest BCUT2D eigenvalue weighted by molar-refractivity contribution is -0.0897. The van der Waals surface area contributed by atoms with Crippen LogP contribution >= 0.6 is 11.6 Å². The minimum absolute atomic E-state index is 0.383. The normalized spacial score (nSPS) is 21.9. The number of hydrogen-bond acceptors (Lipinski definition) is 3. The van der Waals surface area contributed by atoms with Gasteiger partial charge >= 0.3 is 7.48 Å². The number of alkyl halides is 1. The largest absolute Gasteiger partial charge is 0.427 e. The van der Waals surface area contributed by atoms with Gasteiger partial charge in [-0.15, -0.1) is 0 Å². The molecule has 0 saturated heterocycles. The Balaban J connectivity index is 2.55. The van der Waals surface area contributed by atoms with E-state index in [1.54, 1.807) is 27.5 Å². The third-order valence-electron chi connectivity index (χ3n) is 2.93. The van der Waals surface area contributed by atoms with E-state index in [1.165, 1.54) is 0 Å². The first kappa shape index (κ1) is 13.7. The van der Waals surface area contributed by atoms with Crippen molar-refractivity contribution in [1.29, 1.82) is 0 Å². The second kappa shape index (κ2) is 4.90. The number of aliphatic imine (C=N–C) groups is 1. The summed E-state index contributed by atoms with van der Waals surface area (Å²) in [6.45, 7) is 7.09. The number of allylic oxidation sites excluding steroid dienone is 1. The van der Waals surface area contributed by atoms with Crippen LogP contribution in [0, 0.1) is 0 Å².